The molecule has 90 valence electrons. The van der Waals surface area contributed by atoms with Crippen molar-refractivity contribution in [3.05, 3.63) is 36.0 Å². The van der Waals surface area contributed by atoms with Crippen molar-refractivity contribution < 1.29 is 8.78 Å². The van der Waals surface area contributed by atoms with E-state index >= 15 is 0 Å². The van der Waals surface area contributed by atoms with Crippen molar-refractivity contribution in [3.8, 4) is 11.3 Å². The molecule has 0 N–H and O–H groups in total. The van der Waals surface area contributed by atoms with Gasteiger partial charge >= 0.3 is 0 Å². The minimum atomic E-state index is -0.882. The maximum Gasteiger partial charge on any atom is 0.159 e. The van der Waals surface area contributed by atoms with Gasteiger partial charge < -0.3 is 0 Å². The van der Waals surface area contributed by atoms with Gasteiger partial charge in [0, 0.05) is 5.56 Å². The molecule has 0 spiro atoms. The molecular formula is C12H13F2N3. The van der Waals surface area contributed by atoms with Gasteiger partial charge in [-0.3, -0.25) is 0 Å². The third-order valence-corrected chi connectivity index (χ3v) is 2.40. The molecule has 5 heteroatoms. The van der Waals surface area contributed by atoms with E-state index in [4.69, 9.17) is 0 Å². The van der Waals surface area contributed by atoms with Crippen LogP contribution < -0.4 is 0 Å². The van der Waals surface area contributed by atoms with Crippen LogP contribution in [-0.2, 0) is 5.54 Å². The zero-order chi connectivity index (χ0) is 12.6. The van der Waals surface area contributed by atoms with Gasteiger partial charge in [0.25, 0.3) is 0 Å². The van der Waals surface area contributed by atoms with Gasteiger partial charge in [-0.15, -0.1) is 5.10 Å². The predicted octanol–water partition coefficient (Wildman–Crippen LogP) is 2.98. The molecule has 0 unspecified atom stereocenters. The molecule has 1 aromatic carbocycles. The summed E-state index contributed by atoms with van der Waals surface area (Å²) < 4.78 is 27.6. The Morgan fingerprint density at radius 2 is 1.82 bits per heavy atom. The molecule has 0 aliphatic rings. The highest BCUT2D eigenvalue weighted by Crippen LogP contribution is 2.21. The fraction of sp³-hybridized carbons (Fsp3) is 0.333. The number of benzene rings is 1. The highest BCUT2D eigenvalue weighted by Gasteiger charge is 2.16. The first-order chi connectivity index (χ1) is 7.88. The second kappa shape index (κ2) is 3.91. The van der Waals surface area contributed by atoms with Crippen molar-refractivity contribution in [1.82, 2.24) is 15.0 Å². The molecule has 3 nitrogen and oxygen atoms in total. The van der Waals surface area contributed by atoms with Crippen molar-refractivity contribution in [2.24, 2.45) is 0 Å². The van der Waals surface area contributed by atoms with Crippen molar-refractivity contribution in [3.63, 3.8) is 0 Å². The lowest BCUT2D eigenvalue weighted by atomic mass is 10.1. The van der Waals surface area contributed by atoms with Crippen LogP contribution in [0.5, 0.6) is 0 Å². The van der Waals surface area contributed by atoms with E-state index in [-0.39, 0.29) is 5.54 Å². The Bertz CT molecular complexity index is 541. The Kier molecular flexibility index (Phi) is 2.69. The largest absolute Gasteiger partial charge is 0.247 e. The molecule has 0 atom stereocenters. The van der Waals surface area contributed by atoms with Crippen LogP contribution >= 0.6 is 0 Å². The fourth-order valence-corrected chi connectivity index (χ4v) is 1.38. The summed E-state index contributed by atoms with van der Waals surface area (Å²) in [7, 11) is 0. The number of rotatable bonds is 1. The fourth-order valence-electron chi connectivity index (χ4n) is 1.38. The quantitative estimate of drug-likeness (QED) is 0.763. The molecule has 2 aromatic rings. The van der Waals surface area contributed by atoms with Crippen LogP contribution in [0.2, 0.25) is 0 Å². The SMILES string of the molecule is CC(C)(C)n1cc(-c2ccc(F)c(F)c2)nn1. The molecular weight excluding hydrogens is 224 g/mol. The van der Waals surface area contributed by atoms with Gasteiger partial charge in [0.1, 0.15) is 5.69 Å². The summed E-state index contributed by atoms with van der Waals surface area (Å²) in [5, 5.41) is 7.91. The highest BCUT2D eigenvalue weighted by molar-refractivity contribution is 5.57. The van der Waals surface area contributed by atoms with Crippen LogP contribution in [0, 0.1) is 11.6 Å². The molecule has 0 fully saturated rings. The highest BCUT2D eigenvalue weighted by atomic mass is 19.2. The van der Waals surface area contributed by atoms with E-state index in [9.17, 15) is 8.78 Å². The molecule has 2 rings (SSSR count). The molecule has 0 amide bonds. The van der Waals surface area contributed by atoms with Crippen LogP contribution in [-0.4, -0.2) is 15.0 Å². The Morgan fingerprint density at radius 1 is 1.12 bits per heavy atom. The summed E-state index contributed by atoms with van der Waals surface area (Å²) in [5.41, 5.74) is 0.849. The lowest BCUT2D eigenvalue weighted by Gasteiger charge is -2.17. The number of nitrogens with zero attached hydrogens (tertiary/aromatic N) is 3. The van der Waals surface area contributed by atoms with Gasteiger partial charge in [-0.2, -0.15) is 0 Å². The van der Waals surface area contributed by atoms with Gasteiger partial charge in [-0.1, -0.05) is 5.21 Å². The van der Waals surface area contributed by atoms with Gasteiger partial charge in [0.05, 0.1) is 11.7 Å². The van der Waals surface area contributed by atoms with Gasteiger partial charge in [0.15, 0.2) is 11.6 Å². The van der Waals surface area contributed by atoms with Gasteiger partial charge in [-0.05, 0) is 39.0 Å². The maximum atomic E-state index is 13.1. The third kappa shape index (κ3) is 2.33. The zero-order valence-corrected chi connectivity index (χ0v) is 9.91. The average Bonchev–Trinajstić information content (AvgIpc) is 2.70. The topological polar surface area (TPSA) is 30.7 Å². The van der Waals surface area contributed by atoms with E-state index in [2.05, 4.69) is 10.3 Å². The standard InChI is InChI=1S/C12H13F2N3/c1-12(2,3)17-7-11(15-16-17)8-4-5-9(13)10(14)6-8/h4-7H,1-3H3. The molecule has 0 saturated carbocycles. The maximum absolute atomic E-state index is 13.1. The molecule has 0 saturated heterocycles. The summed E-state index contributed by atoms with van der Waals surface area (Å²) in [6, 6.07) is 3.68. The summed E-state index contributed by atoms with van der Waals surface area (Å²) >= 11 is 0. The second-order valence-corrected chi connectivity index (χ2v) is 4.85. The van der Waals surface area contributed by atoms with E-state index in [0.29, 0.717) is 11.3 Å². The Labute approximate surface area is 98.1 Å². The third-order valence-electron chi connectivity index (χ3n) is 2.40. The summed E-state index contributed by atoms with van der Waals surface area (Å²) in [4.78, 5) is 0. The Hall–Kier alpha value is -1.78. The van der Waals surface area contributed by atoms with Crippen molar-refractivity contribution in [2.75, 3.05) is 0 Å². The van der Waals surface area contributed by atoms with E-state index in [1.54, 1.807) is 10.9 Å². The van der Waals surface area contributed by atoms with Crippen molar-refractivity contribution in [1.29, 1.82) is 0 Å². The van der Waals surface area contributed by atoms with E-state index < -0.39 is 11.6 Å². The van der Waals surface area contributed by atoms with Gasteiger partial charge in [-0.25, -0.2) is 13.5 Å². The Morgan fingerprint density at radius 3 is 2.35 bits per heavy atom. The smallest absolute Gasteiger partial charge is 0.159 e. The molecule has 0 aliphatic carbocycles. The van der Waals surface area contributed by atoms with Crippen molar-refractivity contribution in [2.45, 2.75) is 26.3 Å². The number of hydrogen-bond donors (Lipinski definition) is 0. The lowest BCUT2D eigenvalue weighted by Crippen LogP contribution is -2.22. The van der Waals surface area contributed by atoms with Crippen LogP contribution in [0.15, 0.2) is 24.4 Å². The summed E-state index contributed by atoms with van der Waals surface area (Å²) in [6.07, 6.45) is 1.71. The lowest BCUT2D eigenvalue weighted by molar-refractivity contribution is 0.347. The first-order valence-electron chi connectivity index (χ1n) is 5.26. The summed E-state index contributed by atoms with van der Waals surface area (Å²) in [6.45, 7) is 5.95. The molecule has 17 heavy (non-hydrogen) atoms. The van der Waals surface area contributed by atoms with Crippen LogP contribution in [0.3, 0.4) is 0 Å². The number of hydrogen-bond acceptors (Lipinski definition) is 2. The van der Waals surface area contributed by atoms with E-state index in [1.807, 2.05) is 20.8 Å². The minimum absolute atomic E-state index is 0.191. The van der Waals surface area contributed by atoms with Crippen LogP contribution in [0.1, 0.15) is 20.8 Å². The first kappa shape index (κ1) is 11.7. The van der Waals surface area contributed by atoms with Gasteiger partial charge in [0.2, 0.25) is 0 Å². The first-order valence-corrected chi connectivity index (χ1v) is 5.26. The number of aromatic nitrogens is 3. The number of halogens is 2. The molecule has 0 aliphatic heterocycles. The predicted molar refractivity (Wildman–Crippen MR) is 60.4 cm³/mol. The molecule has 1 heterocycles. The normalized spacial score (nSPS) is 11.8. The monoisotopic (exact) mass is 237 g/mol. The van der Waals surface area contributed by atoms with Crippen LogP contribution in [0.25, 0.3) is 11.3 Å². The van der Waals surface area contributed by atoms with E-state index in [1.165, 1.54) is 6.07 Å². The van der Waals surface area contributed by atoms with E-state index in [0.717, 1.165) is 12.1 Å². The molecule has 0 radical (unpaired) electrons. The van der Waals surface area contributed by atoms with Crippen LogP contribution in [0.4, 0.5) is 8.78 Å². The van der Waals surface area contributed by atoms with Crippen molar-refractivity contribution >= 4 is 0 Å². The summed E-state index contributed by atoms with van der Waals surface area (Å²) in [5.74, 6) is -1.75. The minimum Gasteiger partial charge on any atom is -0.247 e. The average molecular weight is 237 g/mol. The zero-order valence-electron chi connectivity index (χ0n) is 9.91. The molecule has 1 aromatic heterocycles. The Balaban J connectivity index is 2.40. The second-order valence-electron chi connectivity index (χ2n) is 4.85. The molecule has 0 bridgehead atoms.